The fraction of sp³-hybridized carbons (Fsp3) is 0.750. The number of fused-ring (bicyclic) bond motifs is 2. The highest BCUT2D eigenvalue weighted by Gasteiger charge is 2.44. The molecule has 0 aromatic carbocycles. The van der Waals surface area contributed by atoms with Gasteiger partial charge in [0.2, 0.25) is 0 Å². The summed E-state index contributed by atoms with van der Waals surface area (Å²) in [4.78, 5) is 11.2. The van der Waals surface area contributed by atoms with Gasteiger partial charge in [0.15, 0.2) is 0 Å². The van der Waals surface area contributed by atoms with Crippen LogP contribution in [0.2, 0.25) is 0 Å². The average molecular weight is 194 g/mol. The Morgan fingerprint density at radius 1 is 1.57 bits per heavy atom. The molecular formula is C12H18O2. The van der Waals surface area contributed by atoms with Gasteiger partial charge in [0.1, 0.15) is 6.10 Å². The minimum absolute atomic E-state index is 0.0374. The minimum atomic E-state index is -0.0374. The highest BCUT2D eigenvalue weighted by atomic mass is 16.5. The van der Waals surface area contributed by atoms with E-state index in [0.29, 0.717) is 18.3 Å². The molecule has 3 atom stereocenters. The van der Waals surface area contributed by atoms with Crippen LogP contribution < -0.4 is 0 Å². The fourth-order valence-electron chi connectivity index (χ4n) is 2.82. The number of hydrogen-bond donors (Lipinski definition) is 0. The molecule has 2 fully saturated rings. The minimum Gasteiger partial charge on any atom is -0.462 e. The quantitative estimate of drug-likeness (QED) is 0.499. The predicted molar refractivity (Wildman–Crippen MR) is 54.8 cm³/mol. The van der Waals surface area contributed by atoms with Gasteiger partial charge in [-0.25, -0.2) is 0 Å². The van der Waals surface area contributed by atoms with Crippen molar-refractivity contribution in [3.8, 4) is 0 Å². The van der Waals surface area contributed by atoms with Crippen LogP contribution in [0.25, 0.3) is 0 Å². The van der Waals surface area contributed by atoms with Crippen LogP contribution in [0.15, 0.2) is 11.6 Å². The van der Waals surface area contributed by atoms with Crippen molar-refractivity contribution < 1.29 is 9.53 Å². The van der Waals surface area contributed by atoms with Gasteiger partial charge in [-0.3, -0.25) is 4.79 Å². The molecule has 3 unspecified atom stereocenters. The Morgan fingerprint density at radius 3 is 2.86 bits per heavy atom. The van der Waals surface area contributed by atoms with Gasteiger partial charge >= 0.3 is 5.97 Å². The maximum Gasteiger partial charge on any atom is 0.305 e. The lowest BCUT2D eigenvalue weighted by atomic mass is 9.92. The fourth-order valence-corrected chi connectivity index (χ4v) is 2.82. The summed E-state index contributed by atoms with van der Waals surface area (Å²) >= 11 is 0. The zero-order valence-electron chi connectivity index (χ0n) is 8.95. The highest BCUT2D eigenvalue weighted by molar-refractivity contribution is 5.69. The van der Waals surface area contributed by atoms with Gasteiger partial charge in [0.05, 0.1) is 0 Å². The summed E-state index contributed by atoms with van der Waals surface area (Å²) in [7, 11) is 0. The molecule has 0 aliphatic heterocycles. The SMILES string of the molecule is C/C=C1\CC2CC1CC2OC(=O)CC. The van der Waals surface area contributed by atoms with Gasteiger partial charge in [-0.15, -0.1) is 0 Å². The highest BCUT2D eigenvalue weighted by Crippen LogP contribution is 2.49. The third-order valence-electron chi connectivity index (χ3n) is 3.59. The largest absolute Gasteiger partial charge is 0.462 e. The van der Waals surface area contributed by atoms with Crippen molar-refractivity contribution in [1.82, 2.24) is 0 Å². The van der Waals surface area contributed by atoms with Gasteiger partial charge in [-0.05, 0) is 32.1 Å². The molecule has 0 N–H and O–H groups in total. The van der Waals surface area contributed by atoms with E-state index in [0.717, 1.165) is 12.8 Å². The van der Waals surface area contributed by atoms with E-state index in [1.807, 2.05) is 6.92 Å². The van der Waals surface area contributed by atoms with E-state index in [1.54, 1.807) is 5.57 Å². The van der Waals surface area contributed by atoms with Crippen molar-refractivity contribution in [2.45, 2.75) is 45.6 Å². The van der Waals surface area contributed by atoms with Crippen LogP contribution in [0.3, 0.4) is 0 Å². The van der Waals surface area contributed by atoms with Gasteiger partial charge < -0.3 is 4.74 Å². The smallest absolute Gasteiger partial charge is 0.305 e. The van der Waals surface area contributed by atoms with Crippen LogP contribution in [0, 0.1) is 11.8 Å². The molecule has 2 aliphatic carbocycles. The summed E-state index contributed by atoms with van der Waals surface area (Å²) in [6, 6.07) is 0. The van der Waals surface area contributed by atoms with Crippen molar-refractivity contribution in [2.24, 2.45) is 11.8 Å². The third kappa shape index (κ3) is 1.58. The Balaban J connectivity index is 1.93. The van der Waals surface area contributed by atoms with Crippen LogP contribution in [-0.2, 0) is 9.53 Å². The predicted octanol–water partition coefficient (Wildman–Crippen LogP) is 2.68. The third-order valence-corrected chi connectivity index (χ3v) is 3.59. The number of carbonyl (C=O) groups excluding carboxylic acids is 1. The first-order valence-electron chi connectivity index (χ1n) is 5.59. The summed E-state index contributed by atoms with van der Waals surface area (Å²) in [6.45, 7) is 3.97. The van der Waals surface area contributed by atoms with Crippen molar-refractivity contribution >= 4 is 5.97 Å². The second-order valence-corrected chi connectivity index (χ2v) is 4.38. The van der Waals surface area contributed by atoms with Gasteiger partial charge in [-0.2, -0.15) is 0 Å². The number of allylic oxidation sites excluding steroid dienone is 2. The molecule has 2 heteroatoms. The van der Waals surface area contributed by atoms with Crippen LogP contribution >= 0.6 is 0 Å². The molecule has 2 saturated carbocycles. The molecule has 0 aromatic heterocycles. The molecule has 2 bridgehead atoms. The molecule has 0 heterocycles. The van der Waals surface area contributed by atoms with Gasteiger partial charge in [0.25, 0.3) is 0 Å². The van der Waals surface area contributed by atoms with E-state index < -0.39 is 0 Å². The number of rotatable bonds is 2. The van der Waals surface area contributed by atoms with Crippen molar-refractivity contribution in [2.75, 3.05) is 0 Å². The number of hydrogen-bond acceptors (Lipinski definition) is 2. The maximum absolute atomic E-state index is 11.2. The van der Waals surface area contributed by atoms with Gasteiger partial charge in [-0.1, -0.05) is 18.6 Å². The summed E-state index contributed by atoms with van der Waals surface area (Å²) in [5.74, 6) is 1.28. The van der Waals surface area contributed by atoms with E-state index >= 15 is 0 Å². The first-order chi connectivity index (χ1) is 6.74. The molecule has 14 heavy (non-hydrogen) atoms. The summed E-state index contributed by atoms with van der Waals surface area (Å²) in [5.41, 5.74) is 1.58. The normalized spacial score (nSPS) is 37.9. The first-order valence-corrected chi connectivity index (χ1v) is 5.59. The van der Waals surface area contributed by atoms with E-state index in [1.165, 1.54) is 6.42 Å². The number of carbonyl (C=O) groups is 1. The zero-order valence-corrected chi connectivity index (χ0v) is 8.95. The Kier molecular flexibility index (Phi) is 2.62. The molecule has 0 saturated heterocycles. The standard InChI is InChI=1S/C12H18O2/c1-3-8-5-10-6-9(8)7-11(10)14-12(13)4-2/h3,9-11H,4-7H2,1-2H3/b8-3+. The molecule has 2 rings (SSSR count). The number of ether oxygens (including phenoxy) is 1. The van der Waals surface area contributed by atoms with Crippen LogP contribution in [-0.4, -0.2) is 12.1 Å². The average Bonchev–Trinajstić information content (AvgIpc) is 2.75. The second kappa shape index (κ2) is 3.76. The Morgan fingerprint density at radius 2 is 2.36 bits per heavy atom. The molecule has 2 nitrogen and oxygen atoms in total. The monoisotopic (exact) mass is 194 g/mol. The molecule has 78 valence electrons. The van der Waals surface area contributed by atoms with Crippen molar-refractivity contribution in [3.63, 3.8) is 0 Å². The van der Waals surface area contributed by atoms with E-state index in [4.69, 9.17) is 4.74 Å². The Labute approximate surface area is 85.3 Å². The molecule has 0 spiro atoms. The van der Waals surface area contributed by atoms with E-state index in [2.05, 4.69) is 13.0 Å². The Hall–Kier alpha value is -0.790. The number of esters is 1. The Bertz CT molecular complexity index is 267. The summed E-state index contributed by atoms with van der Waals surface area (Å²) in [6.07, 6.45) is 6.42. The molecule has 0 aromatic rings. The topological polar surface area (TPSA) is 26.3 Å². The van der Waals surface area contributed by atoms with Gasteiger partial charge in [0, 0.05) is 12.3 Å². The molecule has 2 aliphatic rings. The zero-order chi connectivity index (χ0) is 10.1. The van der Waals surface area contributed by atoms with Crippen LogP contribution in [0.5, 0.6) is 0 Å². The lowest BCUT2D eigenvalue weighted by molar-refractivity contribution is -0.150. The first kappa shape index (κ1) is 9.75. The summed E-state index contributed by atoms with van der Waals surface area (Å²) in [5, 5.41) is 0. The molecular weight excluding hydrogens is 176 g/mol. The lowest BCUT2D eigenvalue weighted by Crippen LogP contribution is -2.24. The second-order valence-electron chi connectivity index (χ2n) is 4.38. The van der Waals surface area contributed by atoms with Crippen LogP contribution in [0.4, 0.5) is 0 Å². The lowest BCUT2D eigenvalue weighted by Gasteiger charge is -2.23. The van der Waals surface area contributed by atoms with Crippen molar-refractivity contribution in [3.05, 3.63) is 11.6 Å². The van der Waals surface area contributed by atoms with E-state index in [9.17, 15) is 4.79 Å². The van der Waals surface area contributed by atoms with Crippen LogP contribution in [0.1, 0.15) is 39.5 Å². The molecule has 0 radical (unpaired) electrons. The molecule has 0 amide bonds. The summed E-state index contributed by atoms with van der Waals surface area (Å²) < 4.78 is 5.42. The van der Waals surface area contributed by atoms with Crippen molar-refractivity contribution in [1.29, 1.82) is 0 Å². The van der Waals surface area contributed by atoms with E-state index in [-0.39, 0.29) is 12.1 Å². The maximum atomic E-state index is 11.2.